The van der Waals surface area contributed by atoms with Gasteiger partial charge in [0, 0.05) is 0 Å². The van der Waals surface area contributed by atoms with Crippen molar-refractivity contribution < 1.29 is 0 Å². The molecular weight excluding hydrogens is 361 g/mol. The van der Waals surface area contributed by atoms with Crippen molar-refractivity contribution in [3.63, 3.8) is 0 Å². The third-order valence-electron chi connectivity index (χ3n) is 1.17. The number of hydrogen-bond donors (Lipinski definition) is 0. The first-order valence-electron chi connectivity index (χ1n) is 4.34. The molecule has 0 saturated carbocycles. The Morgan fingerprint density at radius 1 is 0.727 bits per heavy atom. The van der Waals surface area contributed by atoms with E-state index in [1.54, 1.807) is 7.50 Å². The predicted molar refractivity (Wildman–Crippen MR) is 62.1 cm³/mol. The monoisotopic (exact) mass is 383 g/mol. The molecule has 0 unspecified atom stereocenters. The van der Waals surface area contributed by atoms with E-state index in [2.05, 4.69) is 39.3 Å². The van der Waals surface area contributed by atoms with Crippen molar-refractivity contribution in [3.8, 4) is 0 Å². The summed E-state index contributed by atoms with van der Waals surface area (Å²) in [4.78, 5) is 0. The minimum absolute atomic E-state index is 0.0231. The normalized spacial score (nSPS) is 13.6. The molecule has 0 bridgehead atoms. The van der Waals surface area contributed by atoms with Crippen LogP contribution >= 0.6 is 0 Å². The Balaban J connectivity index is 3.44. The minimum atomic E-state index is -0.655. The summed E-state index contributed by atoms with van der Waals surface area (Å²) in [6.45, 7) is 15.1. The maximum atomic E-state index is 2.51. The average molecular weight is 383 g/mol. The Morgan fingerprint density at radius 3 is 1.18 bits per heavy atom. The second-order valence-electron chi connectivity index (χ2n) is 5.66. The van der Waals surface area contributed by atoms with E-state index in [1.807, 2.05) is 0 Å². The first-order chi connectivity index (χ1) is 4.71. The fraction of sp³-hybridized carbons (Fsp3) is 1.00. The van der Waals surface area contributed by atoms with Crippen molar-refractivity contribution in [1.29, 1.82) is 0 Å². The quantitative estimate of drug-likeness (QED) is 0.654. The topological polar surface area (TPSA) is 0 Å². The van der Waals surface area contributed by atoms with Crippen LogP contribution in [0, 0.1) is 0 Å². The standard InChI is InChI=1S/2C4H11Si.Bi/c2*1-5(2,3)4;/h2*1H2,2-4H3;. The van der Waals surface area contributed by atoms with Crippen molar-refractivity contribution in [2.24, 2.45) is 0 Å². The van der Waals surface area contributed by atoms with Crippen LogP contribution in [-0.4, -0.2) is 39.4 Å². The summed E-state index contributed by atoms with van der Waals surface area (Å²) in [5.41, 5.74) is 0. The number of hydrogen-bond acceptors (Lipinski definition) is 0. The van der Waals surface area contributed by atoms with Gasteiger partial charge in [0.25, 0.3) is 0 Å². The van der Waals surface area contributed by atoms with Crippen LogP contribution in [0.15, 0.2) is 0 Å². The summed E-state index contributed by atoms with van der Waals surface area (Å²) in [5.74, 6) is 0. The Morgan fingerprint density at radius 2 is 1.00 bits per heavy atom. The van der Waals surface area contributed by atoms with Gasteiger partial charge in [-0.25, -0.2) is 0 Å². The molecule has 0 atom stereocenters. The SMILES string of the molecule is C[Si](C)(C)[CH2][Bi][CH2][Si](C)(C)C. The van der Waals surface area contributed by atoms with Crippen molar-refractivity contribution in [3.05, 3.63) is 0 Å². The van der Waals surface area contributed by atoms with Gasteiger partial charge in [-0.15, -0.1) is 0 Å². The van der Waals surface area contributed by atoms with Gasteiger partial charge in [0.1, 0.15) is 0 Å². The first-order valence-corrected chi connectivity index (χ1v) is 16.7. The molecule has 0 aromatic rings. The molecule has 0 aliphatic carbocycles. The van der Waals surface area contributed by atoms with Crippen LogP contribution in [0.1, 0.15) is 0 Å². The molecule has 0 aliphatic heterocycles. The molecule has 3 heteroatoms. The summed E-state index contributed by atoms with van der Waals surface area (Å²) < 4.78 is 3.41. The summed E-state index contributed by atoms with van der Waals surface area (Å²) in [6.07, 6.45) is 0. The zero-order valence-electron chi connectivity index (χ0n) is 8.86. The van der Waals surface area contributed by atoms with Gasteiger partial charge in [-0.2, -0.15) is 0 Å². The van der Waals surface area contributed by atoms with Crippen LogP contribution < -0.4 is 0 Å². The van der Waals surface area contributed by atoms with Crippen LogP contribution in [-0.2, 0) is 0 Å². The molecule has 0 rings (SSSR count). The van der Waals surface area contributed by atoms with Gasteiger partial charge < -0.3 is 0 Å². The Kier molecular flexibility index (Phi) is 5.07. The molecule has 0 saturated heterocycles. The molecule has 0 aromatic carbocycles. The number of rotatable bonds is 4. The van der Waals surface area contributed by atoms with Gasteiger partial charge in [-0.3, -0.25) is 0 Å². The molecule has 0 fully saturated rings. The second-order valence-corrected chi connectivity index (χ2v) is 25.7. The van der Waals surface area contributed by atoms with Gasteiger partial charge in [-0.1, -0.05) is 0 Å². The molecular formula is C8H22BiSi2. The molecule has 0 aliphatic rings. The Bertz CT molecular complexity index is 96.2. The van der Waals surface area contributed by atoms with E-state index in [9.17, 15) is 0 Å². The van der Waals surface area contributed by atoms with Crippen molar-refractivity contribution >= 4 is 39.4 Å². The summed E-state index contributed by atoms with van der Waals surface area (Å²) >= 11 is -0.0231. The zero-order valence-corrected chi connectivity index (χ0v) is 14.3. The molecule has 67 valence electrons. The predicted octanol–water partition coefficient (Wildman–Crippen LogP) is 3.28. The molecule has 0 N–H and O–H groups in total. The van der Waals surface area contributed by atoms with Crippen molar-refractivity contribution in [1.82, 2.24) is 0 Å². The van der Waals surface area contributed by atoms with Crippen LogP contribution in [0.5, 0.6) is 0 Å². The van der Waals surface area contributed by atoms with Crippen LogP contribution in [0.3, 0.4) is 0 Å². The fourth-order valence-electron chi connectivity index (χ4n) is 0.727. The summed E-state index contributed by atoms with van der Waals surface area (Å²) in [6, 6.07) is 0. The average Bonchev–Trinajstić information content (AvgIpc) is 1.55. The molecule has 0 nitrogen and oxygen atoms in total. The molecule has 0 amide bonds. The molecule has 1 radical (unpaired) electrons. The van der Waals surface area contributed by atoms with Gasteiger partial charge in [0.2, 0.25) is 0 Å². The van der Waals surface area contributed by atoms with E-state index in [-0.39, 0.29) is 23.2 Å². The molecule has 11 heavy (non-hydrogen) atoms. The van der Waals surface area contributed by atoms with Gasteiger partial charge in [0.15, 0.2) is 0 Å². The van der Waals surface area contributed by atoms with E-state index in [4.69, 9.17) is 0 Å². The zero-order chi connectivity index (χ0) is 9.12. The van der Waals surface area contributed by atoms with Crippen LogP contribution in [0.2, 0.25) is 46.8 Å². The summed E-state index contributed by atoms with van der Waals surface area (Å²) in [7, 11) is -1.31. The van der Waals surface area contributed by atoms with Crippen molar-refractivity contribution in [2.45, 2.75) is 46.8 Å². The van der Waals surface area contributed by atoms with E-state index in [0.717, 1.165) is 0 Å². The fourth-order valence-corrected chi connectivity index (χ4v) is 22.1. The first kappa shape index (κ1) is 12.3. The van der Waals surface area contributed by atoms with Crippen molar-refractivity contribution in [2.75, 3.05) is 0 Å². The third-order valence-corrected chi connectivity index (χ3v) is 30.9. The molecule has 0 aromatic heterocycles. The van der Waals surface area contributed by atoms with Gasteiger partial charge in [0.05, 0.1) is 0 Å². The van der Waals surface area contributed by atoms with E-state index in [0.29, 0.717) is 0 Å². The van der Waals surface area contributed by atoms with E-state index in [1.165, 1.54) is 0 Å². The molecule has 0 spiro atoms. The van der Waals surface area contributed by atoms with E-state index < -0.39 is 16.1 Å². The van der Waals surface area contributed by atoms with Crippen LogP contribution in [0.25, 0.3) is 0 Å². The Labute approximate surface area is 85.8 Å². The summed E-state index contributed by atoms with van der Waals surface area (Å²) in [5, 5.41) is 0. The van der Waals surface area contributed by atoms with Gasteiger partial charge in [-0.05, 0) is 0 Å². The Hall–Kier alpha value is 1.32. The molecule has 0 heterocycles. The van der Waals surface area contributed by atoms with Gasteiger partial charge >= 0.3 is 86.2 Å². The van der Waals surface area contributed by atoms with E-state index >= 15 is 0 Å². The maximum absolute atomic E-state index is 2.51. The van der Waals surface area contributed by atoms with Crippen LogP contribution in [0.4, 0.5) is 0 Å². The second kappa shape index (κ2) is 4.52. The third kappa shape index (κ3) is 11.3.